The smallest absolute Gasteiger partial charge is 0.329 e. The lowest BCUT2D eigenvalue weighted by molar-refractivity contribution is -0.201. The van der Waals surface area contributed by atoms with Crippen LogP contribution in [-0.2, 0) is 9.59 Å². The summed E-state index contributed by atoms with van der Waals surface area (Å²) in [4.78, 5) is 54.3. The minimum atomic E-state index is -5.40. The molecule has 2 heterocycles. The van der Waals surface area contributed by atoms with Gasteiger partial charge >= 0.3 is 12.2 Å². The first-order chi connectivity index (χ1) is 14.7. The first-order valence-electron chi connectivity index (χ1n) is 8.94. The third kappa shape index (κ3) is 3.05. The Labute approximate surface area is 172 Å². The quantitative estimate of drug-likeness (QED) is 0.777. The number of hydrogen-bond acceptors (Lipinski definition) is 4. The number of carbonyl (C=O) groups is 4. The molecule has 2 aromatic carbocycles. The molecule has 158 valence electrons. The molecule has 5 amide bonds. The van der Waals surface area contributed by atoms with Crippen molar-refractivity contribution < 1.29 is 32.3 Å². The lowest BCUT2D eigenvalue weighted by Crippen LogP contribution is -2.72. The Kier molecular flexibility index (Phi) is 4.60. The maximum Gasteiger partial charge on any atom is 0.422 e. The first kappa shape index (κ1) is 20.3. The predicted molar refractivity (Wildman–Crippen MR) is 101 cm³/mol. The van der Waals surface area contributed by atoms with E-state index in [1.54, 1.807) is 17.4 Å². The molecule has 0 bridgehead atoms. The Bertz CT molecular complexity index is 1120. The van der Waals surface area contributed by atoms with E-state index < -0.39 is 47.2 Å². The summed E-state index contributed by atoms with van der Waals surface area (Å²) in [6, 6.07) is 13.3. The highest BCUT2D eigenvalue weighted by Gasteiger charge is 2.74. The summed E-state index contributed by atoms with van der Waals surface area (Å²) in [5.41, 5.74) is -3.73. The fourth-order valence-electron chi connectivity index (χ4n) is 3.55. The summed E-state index contributed by atoms with van der Waals surface area (Å²) < 4.78 is 43.0. The van der Waals surface area contributed by atoms with Gasteiger partial charge in [0.25, 0.3) is 11.8 Å². The average molecular weight is 430 g/mol. The van der Waals surface area contributed by atoms with Crippen LogP contribution in [0, 0.1) is 5.92 Å². The van der Waals surface area contributed by atoms with Crippen LogP contribution in [0.5, 0.6) is 0 Å². The Balaban J connectivity index is 1.83. The van der Waals surface area contributed by atoms with Gasteiger partial charge in [0.1, 0.15) is 11.8 Å². The number of para-hydroxylation sites is 1. The molecule has 0 saturated carbocycles. The molecule has 2 aliphatic heterocycles. The molecular weight excluding hydrogens is 417 g/mol. The Morgan fingerprint density at radius 1 is 1.00 bits per heavy atom. The van der Waals surface area contributed by atoms with E-state index in [1.165, 1.54) is 48.5 Å². The van der Waals surface area contributed by atoms with E-state index in [9.17, 15) is 32.3 Å². The number of nitrogens with one attached hydrogen (secondary N) is 2. The zero-order valence-corrected chi connectivity index (χ0v) is 15.5. The van der Waals surface area contributed by atoms with E-state index in [2.05, 4.69) is 4.99 Å². The minimum Gasteiger partial charge on any atom is -0.329 e. The highest BCUT2D eigenvalue weighted by molar-refractivity contribution is 6.35. The summed E-state index contributed by atoms with van der Waals surface area (Å²) in [6.45, 7) is 0. The highest BCUT2D eigenvalue weighted by atomic mass is 19.4. The van der Waals surface area contributed by atoms with Crippen LogP contribution in [0.4, 0.5) is 23.7 Å². The van der Waals surface area contributed by atoms with Gasteiger partial charge < -0.3 is 5.32 Å². The van der Waals surface area contributed by atoms with Crippen LogP contribution >= 0.6 is 0 Å². The number of rotatable bonds is 3. The van der Waals surface area contributed by atoms with E-state index in [1.807, 2.05) is 5.32 Å². The average Bonchev–Trinajstić information content (AvgIpc) is 3.02. The molecule has 0 radical (unpaired) electrons. The largest absolute Gasteiger partial charge is 0.422 e. The van der Waals surface area contributed by atoms with Gasteiger partial charge in [-0.05, 0) is 24.3 Å². The molecule has 2 aliphatic rings. The molecule has 8 nitrogen and oxygen atoms in total. The molecule has 1 saturated heterocycles. The fraction of sp³-hybridized carbons (Fsp3) is 0.150. The van der Waals surface area contributed by atoms with Crippen LogP contribution < -0.4 is 15.5 Å². The SMILES string of the molecule is O=C(NC1(C(F)(F)F)C(=O)N=C2C1C(=O)NC(=O)N2c1ccccc1)c1ccccc1. The van der Waals surface area contributed by atoms with Gasteiger partial charge in [0, 0.05) is 5.56 Å². The second-order valence-electron chi connectivity index (χ2n) is 6.80. The number of urea groups is 1. The zero-order chi connectivity index (χ0) is 22.4. The monoisotopic (exact) mass is 430 g/mol. The fourth-order valence-corrected chi connectivity index (χ4v) is 3.55. The summed E-state index contributed by atoms with van der Waals surface area (Å²) in [7, 11) is 0. The molecule has 2 aromatic rings. The number of amides is 5. The Morgan fingerprint density at radius 3 is 2.16 bits per heavy atom. The van der Waals surface area contributed by atoms with Crippen molar-refractivity contribution in [3.05, 3.63) is 66.2 Å². The van der Waals surface area contributed by atoms with Gasteiger partial charge in [-0.15, -0.1) is 0 Å². The molecule has 11 heteroatoms. The number of carbonyl (C=O) groups excluding carboxylic acids is 4. The molecule has 31 heavy (non-hydrogen) atoms. The van der Waals surface area contributed by atoms with E-state index >= 15 is 0 Å². The standard InChI is InChI=1S/C20H13F3N4O4/c21-20(22,23)19(26-15(28)11-7-3-1-4-8-11)13-14(24-17(19)30)27(18(31)25-16(13)29)12-9-5-2-6-10-12/h1-10,13H,(H,26,28)(H,25,29,31). The molecule has 0 aromatic heterocycles. The summed E-state index contributed by atoms with van der Waals surface area (Å²) >= 11 is 0. The second-order valence-corrected chi connectivity index (χ2v) is 6.80. The summed E-state index contributed by atoms with van der Waals surface area (Å²) in [5, 5.41) is 3.51. The molecular formula is C20H13F3N4O4. The number of hydrogen-bond donors (Lipinski definition) is 2. The predicted octanol–water partition coefficient (Wildman–Crippen LogP) is 2.03. The number of fused-ring (bicyclic) bond motifs is 1. The van der Waals surface area contributed by atoms with Crippen LogP contribution in [0.3, 0.4) is 0 Å². The van der Waals surface area contributed by atoms with Crippen molar-refractivity contribution in [3.63, 3.8) is 0 Å². The Morgan fingerprint density at radius 2 is 1.58 bits per heavy atom. The number of anilines is 1. The van der Waals surface area contributed by atoms with Crippen molar-refractivity contribution in [2.75, 3.05) is 4.90 Å². The van der Waals surface area contributed by atoms with Crippen LogP contribution in [0.25, 0.3) is 0 Å². The van der Waals surface area contributed by atoms with Crippen LogP contribution in [-0.4, -0.2) is 41.3 Å². The molecule has 1 fully saturated rings. The molecule has 0 spiro atoms. The highest BCUT2D eigenvalue weighted by Crippen LogP contribution is 2.44. The molecule has 4 rings (SSSR count). The molecule has 2 N–H and O–H groups in total. The number of amidine groups is 1. The second kappa shape index (κ2) is 7.04. The van der Waals surface area contributed by atoms with E-state index in [4.69, 9.17) is 0 Å². The maximum atomic E-state index is 14.3. The number of imide groups is 1. The number of alkyl halides is 3. The van der Waals surface area contributed by atoms with Gasteiger partial charge in [0.2, 0.25) is 11.4 Å². The number of benzene rings is 2. The Hall–Kier alpha value is -4.02. The van der Waals surface area contributed by atoms with Gasteiger partial charge in [-0.2, -0.15) is 18.2 Å². The number of nitrogens with zero attached hydrogens (tertiary/aromatic N) is 2. The number of aliphatic imine (C=N–C) groups is 1. The van der Waals surface area contributed by atoms with Crippen molar-refractivity contribution in [1.82, 2.24) is 10.6 Å². The molecule has 2 unspecified atom stereocenters. The third-order valence-corrected chi connectivity index (χ3v) is 4.98. The topological polar surface area (TPSA) is 108 Å². The van der Waals surface area contributed by atoms with Crippen molar-refractivity contribution >= 4 is 35.3 Å². The van der Waals surface area contributed by atoms with Gasteiger partial charge in [0.15, 0.2) is 0 Å². The maximum absolute atomic E-state index is 14.3. The molecule has 0 aliphatic carbocycles. The van der Waals surface area contributed by atoms with Gasteiger partial charge in [0.05, 0.1) is 5.69 Å². The lowest BCUT2D eigenvalue weighted by Gasteiger charge is -2.39. The normalized spacial score (nSPS) is 23.2. The van der Waals surface area contributed by atoms with Crippen molar-refractivity contribution in [3.8, 4) is 0 Å². The van der Waals surface area contributed by atoms with Crippen LogP contribution in [0.1, 0.15) is 10.4 Å². The van der Waals surface area contributed by atoms with Crippen molar-refractivity contribution in [1.29, 1.82) is 0 Å². The van der Waals surface area contributed by atoms with Crippen molar-refractivity contribution in [2.45, 2.75) is 11.7 Å². The van der Waals surface area contributed by atoms with Gasteiger partial charge in [-0.25, -0.2) is 9.69 Å². The van der Waals surface area contributed by atoms with Gasteiger partial charge in [-0.3, -0.25) is 19.7 Å². The minimum absolute atomic E-state index is 0.0939. The van der Waals surface area contributed by atoms with Crippen molar-refractivity contribution in [2.24, 2.45) is 10.9 Å². The zero-order valence-electron chi connectivity index (χ0n) is 15.5. The van der Waals surface area contributed by atoms with E-state index in [-0.39, 0.29) is 11.3 Å². The van der Waals surface area contributed by atoms with Gasteiger partial charge in [-0.1, -0.05) is 36.4 Å². The molecule has 2 atom stereocenters. The first-order valence-corrected chi connectivity index (χ1v) is 8.94. The van der Waals surface area contributed by atoms with E-state index in [0.717, 1.165) is 0 Å². The summed E-state index contributed by atoms with van der Waals surface area (Å²) in [6.07, 6.45) is -5.40. The lowest BCUT2D eigenvalue weighted by atomic mass is 9.81. The van der Waals surface area contributed by atoms with Crippen LogP contribution in [0.2, 0.25) is 0 Å². The number of halogens is 3. The third-order valence-electron chi connectivity index (χ3n) is 4.98. The van der Waals surface area contributed by atoms with E-state index in [0.29, 0.717) is 4.90 Å². The van der Waals surface area contributed by atoms with Crippen LogP contribution in [0.15, 0.2) is 65.7 Å². The summed E-state index contributed by atoms with van der Waals surface area (Å²) in [5.74, 6) is -7.43.